The van der Waals surface area contributed by atoms with E-state index in [0.717, 1.165) is 24.1 Å². The Bertz CT molecular complexity index is 475. The lowest BCUT2D eigenvalue weighted by atomic mass is 10.2. The first-order valence-corrected chi connectivity index (χ1v) is 5.96. The van der Waals surface area contributed by atoms with Crippen LogP contribution in [0, 0.1) is 13.8 Å². The largest absolute Gasteiger partial charge is 0.322 e. The maximum atomic E-state index is 12.1. The Labute approximate surface area is 102 Å². The Kier molecular flexibility index (Phi) is 4.49. The monoisotopic (exact) mass is 236 g/mol. The lowest BCUT2D eigenvalue weighted by Gasteiger charge is -2.14. The van der Waals surface area contributed by atoms with Gasteiger partial charge in [0.15, 0.2) is 0 Å². The number of carbonyl (C=O) groups excluding carboxylic acids is 1. The van der Waals surface area contributed by atoms with Crippen LogP contribution >= 0.6 is 0 Å². The van der Waals surface area contributed by atoms with Crippen LogP contribution < -0.4 is 10.9 Å². The lowest BCUT2D eigenvalue weighted by Crippen LogP contribution is -2.27. The van der Waals surface area contributed by atoms with Crippen molar-refractivity contribution in [3.05, 3.63) is 27.7 Å². The molecule has 4 heteroatoms. The van der Waals surface area contributed by atoms with E-state index in [-0.39, 0.29) is 11.5 Å². The van der Waals surface area contributed by atoms with E-state index in [2.05, 4.69) is 12.2 Å². The predicted molar refractivity (Wildman–Crippen MR) is 69.4 cm³/mol. The van der Waals surface area contributed by atoms with Crippen LogP contribution in [0.5, 0.6) is 0 Å². The van der Waals surface area contributed by atoms with Crippen LogP contribution in [0.15, 0.2) is 10.9 Å². The molecule has 0 atom stereocenters. The Morgan fingerprint density at radius 2 is 2.06 bits per heavy atom. The van der Waals surface area contributed by atoms with Gasteiger partial charge < -0.3 is 9.88 Å². The fourth-order valence-electron chi connectivity index (χ4n) is 1.76. The molecule has 1 amide bonds. The van der Waals surface area contributed by atoms with Gasteiger partial charge in [0.25, 0.3) is 5.56 Å². The first-order valence-electron chi connectivity index (χ1n) is 5.96. The molecule has 0 aromatic carbocycles. The molecule has 1 N–H and O–H groups in total. The Morgan fingerprint density at radius 1 is 1.41 bits per heavy atom. The summed E-state index contributed by atoms with van der Waals surface area (Å²) in [5, 5.41) is 2.59. The van der Waals surface area contributed by atoms with Crippen molar-refractivity contribution in [3.63, 3.8) is 0 Å². The highest BCUT2D eigenvalue weighted by atomic mass is 16.2. The predicted octanol–water partition coefficient (Wildman–Crippen LogP) is 2.22. The number of aromatic nitrogens is 1. The molecule has 0 aliphatic carbocycles. The number of aryl methyl sites for hydroxylation is 1. The van der Waals surface area contributed by atoms with E-state index in [1.165, 1.54) is 6.92 Å². The number of nitrogens with one attached hydrogen (secondary N) is 1. The second kappa shape index (κ2) is 5.66. The zero-order valence-corrected chi connectivity index (χ0v) is 11.0. The maximum absolute atomic E-state index is 12.1. The van der Waals surface area contributed by atoms with Crippen LogP contribution in [0.2, 0.25) is 0 Å². The topological polar surface area (TPSA) is 51.1 Å². The average Bonchev–Trinajstić information content (AvgIpc) is 2.25. The lowest BCUT2D eigenvalue weighted by molar-refractivity contribution is -0.114. The summed E-state index contributed by atoms with van der Waals surface area (Å²) in [5.41, 5.74) is 2.25. The fourth-order valence-corrected chi connectivity index (χ4v) is 1.76. The maximum Gasteiger partial charge on any atom is 0.274 e. The number of anilines is 1. The van der Waals surface area contributed by atoms with E-state index in [0.29, 0.717) is 12.2 Å². The highest BCUT2D eigenvalue weighted by molar-refractivity contribution is 5.88. The van der Waals surface area contributed by atoms with Crippen molar-refractivity contribution >= 4 is 11.6 Å². The SMILES string of the molecule is CCCCn1c(C)c(C)cc(NC(C)=O)c1=O. The van der Waals surface area contributed by atoms with E-state index in [9.17, 15) is 9.59 Å². The summed E-state index contributed by atoms with van der Waals surface area (Å²) < 4.78 is 1.74. The summed E-state index contributed by atoms with van der Waals surface area (Å²) in [6.07, 6.45) is 2.00. The zero-order chi connectivity index (χ0) is 13.0. The number of hydrogen-bond acceptors (Lipinski definition) is 2. The van der Waals surface area contributed by atoms with Gasteiger partial charge >= 0.3 is 0 Å². The van der Waals surface area contributed by atoms with Gasteiger partial charge in [0.1, 0.15) is 5.69 Å². The van der Waals surface area contributed by atoms with Crippen LogP contribution in [0.3, 0.4) is 0 Å². The smallest absolute Gasteiger partial charge is 0.274 e. The van der Waals surface area contributed by atoms with Gasteiger partial charge in [-0.25, -0.2) is 0 Å². The molecule has 0 saturated carbocycles. The first-order chi connectivity index (χ1) is 7.97. The number of nitrogens with zero attached hydrogens (tertiary/aromatic N) is 1. The summed E-state index contributed by atoms with van der Waals surface area (Å²) in [6.45, 7) is 8.08. The molecule has 17 heavy (non-hydrogen) atoms. The first kappa shape index (κ1) is 13.5. The van der Waals surface area contributed by atoms with Crippen molar-refractivity contribution in [2.45, 2.75) is 47.1 Å². The Balaban J connectivity index is 3.22. The van der Waals surface area contributed by atoms with Gasteiger partial charge in [-0.1, -0.05) is 13.3 Å². The molecule has 0 saturated heterocycles. The van der Waals surface area contributed by atoms with Crippen LogP contribution in [-0.2, 0) is 11.3 Å². The summed E-state index contributed by atoms with van der Waals surface area (Å²) >= 11 is 0. The third-order valence-corrected chi connectivity index (χ3v) is 2.86. The van der Waals surface area contributed by atoms with Gasteiger partial charge in [-0.05, 0) is 31.9 Å². The van der Waals surface area contributed by atoms with Gasteiger partial charge in [0.05, 0.1) is 0 Å². The highest BCUT2D eigenvalue weighted by Gasteiger charge is 2.09. The van der Waals surface area contributed by atoms with Gasteiger partial charge in [0, 0.05) is 19.2 Å². The molecular weight excluding hydrogens is 216 g/mol. The summed E-state index contributed by atoms with van der Waals surface area (Å²) in [6, 6.07) is 1.74. The standard InChI is InChI=1S/C13H20N2O2/c1-5-6-7-15-10(3)9(2)8-12(13(15)17)14-11(4)16/h8H,5-7H2,1-4H3,(H,14,16). The Hall–Kier alpha value is -1.58. The second-order valence-corrected chi connectivity index (χ2v) is 4.32. The molecule has 0 fully saturated rings. The molecule has 0 bridgehead atoms. The third kappa shape index (κ3) is 3.19. The number of rotatable bonds is 4. The van der Waals surface area contributed by atoms with Crippen molar-refractivity contribution < 1.29 is 4.79 Å². The molecule has 4 nitrogen and oxygen atoms in total. The third-order valence-electron chi connectivity index (χ3n) is 2.86. The quantitative estimate of drug-likeness (QED) is 0.871. The van der Waals surface area contributed by atoms with E-state index >= 15 is 0 Å². The minimum absolute atomic E-state index is 0.114. The molecule has 1 aromatic rings. The Morgan fingerprint density at radius 3 is 2.59 bits per heavy atom. The van der Waals surface area contributed by atoms with E-state index in [1.807, 2.05) is 13.8 Å². The van der Waals surface area contributed by atoms with Crippen molar-refractivity contribution in [3.8, 4) is 0 Å². The van der Waals surface area contributed by atoms with Crippen LogP contribution in [0.4, 0.5) is 5.69 Å². The van der Waals surface area contributed by atoms with Gasteiger partial charge in [0.2, 0.25) is 5.91 Å². The number of pyridine rings is 1. The number of unbranched alkanes of at least 4 members (excludes halogenated alkanes) is 1. The number of carbonyl (C=O) groups is 1. The summed E-state index contributed by atoms with van der Waals surface area (Å²) in [5.74, 6) is -0.215. The van der Waals surface area contributed by atoms with Crippen LogP contribution in [-0.4, -0.2) is 10.5 Å². The fraction of sp³-hybridized carbons (Fsp3) is 0.538. The van der Waals surface area contributed by atoms with Crippen LogP contribution in [0.1, 0.15) is 37.9 Å². The number of amides is 1. The van der Waals surface area contributed by atoms with Crippen LogP contribution in [0.25, 0.3) is 0 Å². The molecule has 0 unspecified atom stereocenters. The number of hydrogen-bond donors (Lipinski definition) is 1. The average molecular weight is 236 g/mol. The van der Waals surface area contributed by atoms with Crippen molar-refractivity contribution in [1.29, 1.82) is 0 Å². The molecular formula is C13H20N2O2. The van der Waals surface area contributed by atoms with Crippen molar-refractivity contribution in [2.75, 3.05) is 5.32 Å². The highest BCUT2D eigenvalue weighted by Crippen LogP contribution is 2.11. The molecule has 0 spiro atoms. The minimum Gasteiger partial charge on any atom is -0.322 e. The molecule has 1 aromatic heterocycles. The van der Waals surface area contributed by atoms with E-state index < -0.39 is 0 Å². The van der Waals surface area contributed by atoms with Crippen molar-refractivity contribution in [1.82, 2.24) is 4.57 Å². The molecule has 1 heterocycles. The van der Waals surface area contributed by atoms with Gasteiger partial charge in [-0.15, -0.1) is 0 Å². The molecule has 94 valence electrons. The van der Waals surface area contributed by atoms with E-state index in [1.54, 1.807) is 10.6 Å². The minimum atomic E-state index is -0.215. The molecule has 0 aliphatic heterocycles. The zero-order valence-electron chi connectivity index (χ0n) is 11.0. The summed E-state index contributed by atoms with van der Waals surface area (Å²) in [4.78, 5) is 23.2. The molecule has 0 radical (unpaired) electrons. The van der Waals surface area contributed by atoms with Gasteiger partial charge in [-0.2, -0.15) is 0 Å². The van der Waals surface area contributed by atoms with Crippen molar-refractivity contribution in [2.24, 2.45) is 0 Å². The second-order valence-electron chi connectivity index (χ2n) is 4.32. The molecule has 1 rings (SSSR count). The molecule has 0 aliphatic rings. The summed E-state index contributed by atoms with van der Waals surface area (Å²) in [7, 11) is 0. The normalized spacial score (nSPS) is 10.4. The van der Waals surface area contributed by atoms with Gasteiger partial charge in [-0.3, -0.25) is 9.59 Å². The van der Waals surface area contributed by atoms with E-state index in [4.69, 9.17) is 0 Å².